The molecule has 2 aliphatic heterocycles. The van der Waals surface area contributed by atoms with E-state index in [1.54, 1.807) is 4.90 Å². The van der Waals surface area contributed by atoms with Crippen LogP contribution in [0.1, 0.15) is 38.5 Å². The van der Waals surface area contributed by atoms with Gasteiger partial charge in [-0.3, -0.25) is 14.5 Å². The fourth-order valence-electron chi connectivity index (χ4n) is 2.93. The fourth-order valence-corrected chi connectivity index (χ4v) is 2.93. The number of rotatable bonds is 3. The van der Waals surface area contributed by atoms with E-state index in [4.69, 9.17) is 0 Å². The third kappa shape index (κ3) is 4.01. The van der Waals surface area contributed by atoms with Crippen molar-refractivity contribution in [3.8, 4) is 0 Å². The molecule has 2 aliphatic rings. The molecular weight excluding hydrogens is 244 g/mol. The Morgan fingerprint density at radius 1 is 1.16 bits per heavy atom. The first-order chi connectivity index (χ1) is 9.20. The molecule has 0 spiro atoms. The van der Waals surface area contributed by atoms with Crippen LogP contribution in [-0.4, -0.2) is 65.4 Å². The average Bonchev–Trinajstić information content (AvgIpc) is 2.64. The summed E-state index contributed by atoms with van der Waals surface area (Å²) in [6, 6.07) is 0.123. The van der Waals surface area contributed by atoms with Gasteiger partial charge >= 0.3 is 0 Å². The molecule has 0 aromatic heterocycles. The molecule has 1 atom stereocenters. The van der Waals surface area contributed by atoms with Crippen LogP contribution in [0.5, 0.6) is 0 Å². The third-order valence-corrected chi connectivity index (χ3v) is 4.22. The standard InChI is InChI=1S/C14H24N2O3/c17-11-12-4-2-1-3-7-16(12)10-14(19)15-8-5-13(18)6-9-15/h12,17H,1-11H2. The predicted octanol–water partition coefficient (Wildman–Crippen LogP) is 0.415. The largest absolute Gasteiger partial charge is 0.395 e. The Labute approximate surface area is 114 Å². The van der Waals surface area contributed by atoms with Crippen LogP contribution in [0, 0.1) is 0 Å². The highest BCUT2D eigenvalue weighted by Crippen LogP contribution is 2.17. The van der Waals surface area contributed by atoms with Gasteiger partial charge in [-0.25, -0.2) is 0 Å². The smallest absolute Gasteiger partial charge is 0.236 e. The Balaban J connectivity index is 1.87. The molecule has 5 nitrogen and oxygen atoms in total. The second kappa shape index (κ2) is 7.01. The number of hydrogen-bond donors (Lipinski definition) is 1. The van der Waals surface area contributed by atoms with Crippen LogP contribution >= 0.6 is 0 Å². The van der Waals surface area contributed by atoms with Gasteiger partial charge < -0.3 is 10.0 Å². The zero-order chi connectivity index (χ0) is 13.7. The molecule has 2 fully saturated rings. The Morgan fingerprint density at radius 2 is 1.89 bits per heavy atom. The van der Waals surface area contributed by atoms with Crippen molar-refractivity contribution in [2.24, 2.45) is 0 Å². The Bertz CT molecular complexity index is 323. The number of ketones is 1. The summed E-state index contributed by atoms with van der Waals surface area (Å²) in [5.41, 5.74) is 0. The van der Waals surface area contributed by atoms with E-state index in [0.717, 1.165) is 25.8 Å². The minimum Gasteiger partial charge on any atom is -0.395 e. The Morgan fingerprint density at radius 3 is 2.58 bits per heavy atom. The van der Waals surface area contributed by atoms with Crippen molar-refractivity contribution in [3.05, 3.63) is 0 Å². The maximum absolute atomic E-state index is 12.2. The second-order valence-corrected chi connectivity index (χ2v) is 5.58. The van der Waals surface area contributed by atoms with Crippen LogP contribution in [0.2, 0.25) is 0 Å². The lowest BCUT2D eigenvalue weighted by Crippen LogP contribution is -2.47. The number of nitrogens with zero attached hydrogens (tertiary/aromatic N) is 2. The minimum atomic E-state index is 0.104. The normalized spacial score (nSPS) is 26.3. The Kier molecular flexibility index (Phi) is 5.34. The van der Waals surface area contributed by atoms with Crippen LogP contribution in [0.3, 0.4) is 0 Å². The lowest BCUT2D eigenvalue weighted by molar-refractivity contribution is -0.136. The molecule has 0 radical (unpaired) electrons. The highest BCUT2D eigenvalue weighted by molar-refractivity contribution is 5.84. The molecule has 1 N–H and O–H groups in total. The third-order valence-electron chi connectivity index (χ3n) is 4.22. The Hall–Kier alpha value is -0.940. The number of hydrogen-bond acceptors (Lipinski definition) is 4. The van der Waals surface area contributed by atoms with Gasteiger partial charge in [0.2, 0.25) is 5.91 Å². The summed E-state index contributed by atoms with van der Waals surface area (Å²) in [6.45, 7) is 2.54. The van der Waals surface area contributed by atoms with Crippen LogP contribution in [-0.2, 0) is 9.59 Å². The molecule has 2 saturated heterocycles. The van der Waals surface area contributed by atoms with Gasteiger partial charge in [-0.2, -0.15) is 0 Å². The molecule has 0 saturated carbocycles. The number of amides is 1. The van der Waals surface area contributed by atoms with Gasteiger partial charge in [-0.05, 0) is 19.4 Å². The molecule has 0 aromatic carbocycles. The van der Waals surface area contributed by atoms with Crippen molar-refractivity contribution in [1.82, 2.24) is 9.80 Å². The number of aliphatic hydroxyl groups is 1. The molecule has 0 bridgehead atoms. The summed E-state index contributed by atoms with van der Waals surface area (Å²) in [5, 5.41) is 9.43. The van der Waals surface area contributed by atoms with Crippen LogP contribution < -0.4 is 0 Å². The number of piperidine rings is 1. The van der Waals surface area contributed by atoms with Crippen molar-refractivity contribution in [1.29, 1.82) is 0 Å². The lowest BCUT2D eigenvalue weighted by Gasteiger charge is -2.32. The average molecular weight is 268 g/mol. The van der Waals surface area contributed by atoms with Crippen LogP contribution in [0.4, 0.5) is 0 Å². The van der Waals surface area contributed by atoms with Gasteiger partial charge in [0.25, 0.3) is 0 Å². The molecule has 5 heteroatoms. The number of likely N-dealkylation sites (tertiary alicyclic amines) is 2. The van der Waals surface area contributed by atoms with E-state index in [9.17, 15) is 14.7 Å². The van der Waals surface area contributed by atoms with Gasteiger partial charge in [0.1, 0.15) is 5.78 Å². The van der Waals surface area contributed by atoms with E-state index in [-0.39, 0.29) is 24.3 Å². The zero-order valence-electron chi connectivity index (χ0n) is 11.5. The predicted molar refractivity (Wildman–Crippen MR) is 71.7 cm³/mol. The van der Waals surface area contributed by atoms with Crippen LogP contribution in [0.15, 0.2) is 0 Å². The molecule has 1 unspecified atom stereocenters. The first-order valence-electron chi connectivity index (χ1n) is 7.35. The summed E-state index contributed by atoms with van der Waals surface area (Å²) >= 11 is 0. The summed E-state index contributed by atoms with van der Waals surface area (Å²) < 4.78 is 0. The molecule has 0 aromatic rings. The van der Waals surface area contributed by atoms with E-state index in [1.807, 2.05) is 0 Å². The molecule has 0 aliphatic carbocycles. The van der Waals surface area contributed by atoms with Crippen molar-refractivity contribution in [2.75, 3.05) is 32.8 Å². The summed E-state index contributed by atoms with van der Waals surface area (Å²) in [6.07, 6.45) is 5.38. The highest BCUT2D eigenvalue weighted by atomic mass is 16.3. The summed E-state index contributed by atoms with van der Waals surface area (Å²) in [7, 11) is 0. The molecule has 19 heavy (non-hydrogen) atoms. The van der Waals surface area contributed by atoms with Gasteiger partial charge in [0.05, 0.1) is 13.2 Å². The maximum atomic E-state index is 12.2. The molecule has 1 amide bonds. The number of aliphatic hydroxyl groups excluding tert-OH is 1. The first-order valence-corrected chi connectivity index (χ1v) is 7.35. The van der Waals surface area contributed by atoms with Crippen molar-refractivity contribution in [3.63, 3.8) is 0 Å². The molecule has 108 valence electrons. The van der Waals surface area contributed by atoms with Crippen molar-refractivity contribution >= 4 is 11.7 Å². The minimum absolute atomic E-state index is 0.104. The molecule has 2 rings (SSSR count). The van der Waals surface area contributed by atoms with Crippen molar-refractivity contribution in [2.45, 2.75) is 44.6 Å². The topological polar surface area (TPSA) is 60.9 Å². The van der Waals surface area contributed by atoms with Gasteiger partial charge in [0, 0.05) is 32.0 Å². The monoisotopic (exact) mass is 268 g/mol. The van der Waals surface area contributed by atoms with Gasteiger partial charge in [-0.15, -0.1) is 0 Å². The maximum Gasteiger partial charge on any atom is 0.236 e. The van der Waals surface area contributed by atoms with E-state index in [2.05, 4.69) is 4.90 Å². The lowest BCUT2D eigenvalue weighted by atomic mass is 10.1. The zero-order valence-corrected chi connectivity index (χ0v) is 11.5. The first kappa shape index (κ1) is 14.5. The molecular formula is C14H24N2O3. The highest BCUT2D eigenvalue weighted by Gasteiger charge is 2.26. The van der Waals surface area contributed by atoms with E-state index in [0.29, 0.717) is 32.5 Å². The number of Topliss-reactive ketones (excluding diaryl/α,β-unsaturated/α-hetero) is 1. The van der Waals surface area contributed by atoms with E-state index >= 15 is 0 Å². The quantitative estimate of drug-likeness (QED) is 0.805. The van der Waals surface area contributed by atoms with Gasteiger partial charge in [-0.1, -0.05) is 12.8 Å². The van der Waals surface area contributed by atoms with Crippen molar-refractivity contribution < 1.29 is 14.7 Å². The number of carbonyl (C=O) groups is 2. The SMILES string of the molecule is O=C1CCN(C(=O)CN2CCCCCC2CO)CC1. The fraction of sp³-hybridized carbons (Fsp3) is 0.857. The van der Waals surface area contributed by atoms with E-state index in [1.165, 1.54) is 6.42 Å². The van der Waals surface area contributed by atoms with Crippen LogP contribution in [0.25, 0.3) is 0 Å². The number of carbonyl (C=O) groups excluding carboxylic acids is 2. The van der Waals surface area contributed by atoms with Gasteiger partial charge in [0.15, 0.2) is 0 Å². The summed E-state index contributed by atoms with van der Waals surface area (Å²) in [5.74, 6) is 0.361. The summed E-state index contributed by atoms with van der Waals surface area (Å²) in [4.78, 5) is 27.3. The molecule has 2 heterocycles. The van der Waals surface area contributed by atoms with E-state index < -0.39 is 0 Å². The second-order valence-electron chi connectivity index (χ2n) is 5.58.